The average molecular weight is 431 g/mol. The van der Waals surface area contributed by atoms with Gasteiger partial charge < -0.3 is 10.4 Å². The molecule has 3 rings (SSSR count). The fourth-order valence-electron chi connectivity index (χ4n) is 4.00. The monoisotopic (exact) mass is 430 g/mol. The summed E-state index contributed by atoms with van der Waals surface area (Å²) in [6.45, 7) is 4.94. The second-order valence-corrected chi connectivity index (χ2v) is 10.8. The Morgan fingerprint density at radius 3 is 2.37 bits per heavy atom. The van der Waals surface area contributed by atoms with Crippen molar-refractivity contribution in [1.82, 2.24) is 4.31 Å². The van der Waals surface area contributed by atoms with Crippen LogP contribution in [0.25, 0.3) is 0 Å². The van der Waals surface area contributed by atoms with Gasteiger partial charge in [0.15, 0.2) is 0 Å². The van der Waals surface area contributed by atoms with Crippen LogP contribution in [-0.2, 0) is 22.3 Å². The Labute approximate surface area is 181 Å². The number of aliphatic hydroxyl groups excluding tert-OH is 1. The lowest BCUT2D eigenvalue weighted by Gasteiger charge is -2.27. The van der Waals surface area contributed by atoms with Crippen LogP contribution in [0.2, 0.25) is 0 Å². The number of nitrogens with zero attached hydrogens (tertiary/aromatic N) is 1. The number of hydrogen-bond acceptors (Lipinski definition) is 4. The van der Waals surface area contributed by atoms with Crippen molar-refractivity contribution in [1.29, 1.82) is 0 Å². The van der Waals surface area contributed by atoms with Gasteiger partial charge in [-0.25, -0.2) is 8.42 Å². The normalized spacial score (nSPS) is 19.9. The third kappa shape index (κ3) is 6.83. The smallest absolute Gasteiger partial charge is 0.218 e. The molecule has 1 aliphatic rings. The van der Waals surface area contributed by atoms with Crippen molar-refractivity contribution >= 4 is 15.7 Å². The molecule has 30 heavy (non-hydrogen) atoms. The molecular weight excluding hydrogens is 396 g/mol. The minimum Gasteiger partial charge on any atom is -0.393 e. The zero-order chi connectivity index (χ0) is 21.6. The summed E-state index contributed by atoms with van der Waals surface area (Å²) in [7, 11) is -3.42. The van der Waals surface area contributed by atoms with Crippen molar-refractivity contribution in [3.05, 3.63) is 65.7 Å². The maximum atomic E-state index is 13.1. The maximum absolute atomic E-state index is 13.1. The molecule has 2 aromatic rings. The Morgan fingerprint density at radius 2 is 1.73 bits per heavy atom. The molecule has 0 aromatic heterocycles. The maximum Gasteiger partial charge on any atom is 0.218 e. The highest BCUT2D eigenvalue weighted by Gasteiger charge is 2.24. The van der Waals surface area contributed by atoms with Gasteiger partial charge in [-0.1, -0.05) is 56.3 Å². The summed E-state index contributed by atoms with van der Waals surface area (Å²) in [4.78, 5) is 0. The van der Waals surface area contributed by atoms with Gasteiger partial charge in [-0.3, -0.25) is 0 Å². The Morgan fingerprint density at radius 1 is 1.03 bits per heavy atom. The van der Waals surface area contributed by atoms with Crippen LogP contribution in [0.4, 0.5) is 5.69 Å². The highest BCUT2D eigenvalue weighted by Crippen LogP contribution is 2.23. The second-order valence-electron chi connectivity index (χ2n) is 8.79. The van der Waals surface area contributed by atoms with Crippen LogP contribution in [0.3, 0.4) is 0 Å². The summed E-state index contributed by atoms with van der Waals surface area (Å²) in [6.07, 6.45) is 3.57. The fraction of sp³-hybridized carbons (Fsp3) is 0.500. The summed E-state index contributed by atoms with van der Waals surface area (Å²) in [5, 5.41) is 13.3. The van der Waals surface area contributed by atoms with Gasteiger partial charge in [0.1, 0.15) is 0 Å². The number of sulfonamides is 1. The molecule has 0 spiro atoms. The zero-order valence-corrected chi connectivity index (χ0v) is 18.8. The van der Waals surface area contributed by atoms with Crippen LogP contribution >= 0.6 is 0 Å². The first-order valence-electron chi connectivity index (χ1n) is 10.9. The molecule has 1 saturated carbocycles. The van der Waals surface area contributed by atoms with Gasteiger partial charge >= 0.3 is 0 Å². The van der Waals surface area contributed by atoms with Gasteiger partial charge in [-0.15, -0.1) is 0 Å². The average Bonchev–Trinajstić information content (AvgIpc) is 2.69. The minimum absolute atomic E-state index is 0.0181. The largest absolute Gasteiger partial charge is 0.393 e. The lowest BCUT2D eigenvalue weighted by atomic mass is 9.93. The minimum atomic E-state index is -3.42. The van der Waals surface area contributed by atoms with Crippen LogP contribution in [0.5, 0.6) is 0 Å². The highest BCUT2D eigenvalue weighted by atomic mass is 32.2. The van der Waals surface area contributed by atoms with E-state index in [0.29, 0.717) is 19.1 Å². The van der Waals surface area contributed by atoms with E-state index in [2.05, 4.69) is 5.32 Å². The standard InChI is InChI=1S/C24H34N2O3S/c1-19(2)16-26(30(28,29)18-21-7-4-3-5-8-21)17-20-11-13-22(14-12-20)25-23-9-6-10-24(27)15-23/h3-5,7-8,11-14,19,23-25,27H,6,9-10,15-18H2,1-2H3. The molecule has 164 valence electrons. The molecular formula is C24H34N2O3S. The van der Waals surface area contributed by atoms with Gasteiger partial charge in [-0.2, -0.15) is 4.31 Å². The van der Waals surface area contributed by atoms with Gasteiger partial charge in [0.2, 0.25) is 10.0 Å². The molecule has 0 amide bonds. The summed E-state index contributed by atoms with van der Waals surface area (Å²) < 4.78 is 27.8. The first-order chi connectivity index (χ1) is 14.3. The number of hydrogen-bond donors (Lipinski definition) is 2. The van der Waals surface area contributed by atoms with Crippen molar-refractivity contribution in [3.63, 3.8) is 0 Å². The molecule has 5 nitrogen and oxygen atoms in total. The summed E-state index contributed by atoms with van der Waals surface area (Å²) in [5.41, 5.74) is 2.79. The van der Waals surface area contributed by atoms with Crippen LogP contribution in [0.15, 0.2) is 54.6 Å². The third-order valence-electron chi connectivity index (χ3n) is 5.48. The van der Waals surface area contributed by atoms with E-state index < -0.39 is 10.0 Å². The van der Waals surface area contributed by atoms with Crippen LogP contribution in [0, 0.1) is 5.92 Å². The summed E-state index contributed by atoms with van der Waals surface area (Å²) in [6, 6.07) is 17.6. The Hall–Kier alpha value is -1.89. The van der Waals surface area contributed by atoms with E-state index in [1.54, 1.807) is 4.31 Å². The Bertz CT molecular complexity index is 882. The fourth-order valence-corrected chi connectivity index (χ4v) is 5.67. The lowest BCUT2D eigenvalue weighted by molar-refractivity contribution is 0.124. The topological polar surface area (TPSA) is 69.6 Å². The highest BCUT2D eigenvalue weighted by molar-refractivity contribution is 7.88. The van der Waals surface area contributed by atoms with E-state index in [1.165, 1.54) is 0 Å². The van der Waals surface area contributed by atoms with Crippen LogP contribution in [0.1, 0.15) is 50.7 Å². The number of benzene rings is 2. The quantitative estimate of drug-likeness (QED) is 0.619. The molecule has 0 bridgehead atoms. The molecule has 0 radical (unpaired) electrons. The van der Waals surface area contributed by atoms with Crippen molar-refractivity contribution < 1.29 is 13.5 Å². The summed E-state index contributed by atoms with van der Waals surface area (Å²) in [5.74, 6) is 0.263. The van der Waals surface area contributed by atoms with Crippen molar-refractivity contribution in [2.45, 2.75) is 64.0 Å². The van der Waals surface area contributed by atoms with Crippen molar-refractivity contribution in [3.8, 4) is 0 Å². The second kappa shape index (κ2) is 10.4. The molecule has 1 aliphatic carbocycles. The van der Waals surface area contributed by atoms with Gasteiger partial charge in [0.05, 0.1) is 11.9 Å². The third-order valence-corrected chi connectivity index (χ3v) is 7.25. The predicted molar refractivity (Wildman–Crippen MR) is 123 cm³/mol. The molecule has 2 N–H and O–H groups in total. The first-order valence-corrected chi connectivity index (χ1v) is 12.5. The molecule has 0 saturated heterocycles. The van der Waals surface area contributed by atoms with E-state index in [0.717, 1.165) is 42.5 Å². The van der Waals surface area contributed by atoms with Crippen molar-refractivity contribution in [2.75, 3.05) is 11.9 Å². The van der Waals surface area contributed by atoms with Crippen LogP contribution < -0.4 is 5.32 Å². The van der Waals surface area contributed by atoms with E-state index in [9.17, 15) is 13.5 Å². The van der Waals surface area contributed by atoms with Gasteiger partial charge in [0, 0.05) is 24.8 Å². The van der Waals surface area contributed by atoms with Gasteiger partial charge in [0.25, 0.3) is 0 Å². The Balaban J connectivity index is 1.67. The predicted octanol–water partition coefficient (Wildman–Crippen LogP) is 4.39. The molecule has 6 heteroatoms. The first kappa shape index (κ1) is 22.8. The molecule has 0 heterocycles. The molecule has 2 atom stereocenters. The van der Waals surface area contributed by atoms with Crippen LogP contribution in [-0.4, -0.2) is 36.5 Å². The van der Waals surface area contributed by atoms with Gasteiger partial charge in [-0.05, 0) is 54.9 Å². The van der Waals surface area contributed by atoms with E-state index in [-0.39, 0.29) is 17.8 Å². The number of nitrogens with one attached hydrogen (secondary N) is 1. The molecule has 1 fully saturated rings. The lowest BCUT2D eigenvalue weighted by Crippen LogP contribution is -2.34. The SMILES string of the molecule is CC(C)CN(Cc1ccc(NC2CCCC(O)C2)cc1)S(=O)(=O)Cc1ccccc1. The molecule has 2 aromatic carbocycles. The van der Waals surface area contributed by atoms with E-state index >= 15 is 0 Å². The molecule has 0 aliphatic heterocycles. The number of rotatable bonds is 9. The number of anilines is 1. The zero-order valence-electron chi connectivity index (χ0n) is 18.0. The number of aliphatic hydroxyl groups is 1. The summed E-state index contributed by atoms with van der Waals surface area (Å²) >= 11 is 0. The van der Waals surface area contributed by atoms with E-state index in [1.807, 2.05) is 68.4 Å². The van der Waals surface area contributed by atoms with Crippen molar-refractivity contribution in [2.24, 2.45) is 5.92 Å². The van der Waals surface area contributed by atoms with E-state index in [4.69, 9.17) is 0 Å². The molecule has 2 unspecified atom stereocenters. The Kier molecular flexibility index (Phi) is 7.92.